The predicted octanol–water partition coefficient (Wildman–Crippen LogP) is 6.62. The minimum atomic E-state index is -0.0914. The van der Waals surface area contributed by atoms with Crippen molar-refractivity contribution in [3.8, 4) is 0 Å². The summed E-state index contributed by atoms with van der Waals surface area (Å²) in [4.78, 5) is 32.2. The number of fused-ring (bicyclic) bond motifs is 1. The molecular weight excluding hydrogens is 452 g/mol. The number of benzene rings is 3. The minimum Gasteiger partial charge on any atom is -0.332 e. The van der Waals surface area contributed by atoms with Gasteiger partial charge in [0, 0.05) is 23.5 Å². The summed E-state index contributed by atoms with van der Waals surface area (Å²) in [6.07, 6.45) is 0.941. The van der Waals surface area contributed by atoms with Gasteiger partial charge < -0.3 is 9.80 Å². The van der Waals surface area contributed by atoms with Crippen LogP contribution in [0.1, 0.15) is 41.1 Å². The van der Waals surface area contributed by atoms with Gasteiger partial charge in [0.2, 0.25) is 5.91 Å². The van der Waals surface area contributed by atoms with E-state index in [9.17, 15) is 9.59 Å². The van der Waals surface area contributed by atoms with Gasteiger partial charge in [-0.3, -0.25) is 9.59 Å². The van der Waals surface area contributed by atoms with Crippen LogP contribution in [0.15, 0.2) is 90.3 Å². The standard InChI is InChI=1S/C30H32N2O2S/c1-3-23(2)19-32(30(34)28-17-9-14-25-13-7-8-16-27(25)28)22-29(33)31(21-26-15-10-18-35-26)20-24-11-5-4-6-12-24/h4-18,23H,3,19-22H2,1-2H3. The lowest BCUT2D eigenvalue weighted by molar-refractivity contribution is -0.133. The second kappa shape index (κ2) is 11.8. The molecule has 1 heterocycles. The molecule has 4 aromatic rings. The number of nitrogens with zero attached hydrogens (tertiary/aromatic N) is 2. The van der Waals surface area contributed by atoms with E-state index in [1.807, 2.05) is 95.2 Å². The first kappa shape index (κ1) is 24.7. The summed E-state index contributed by atoms with van der Waals surface area (Å²) in [6.45, 7) is 5.89. The van der Waals surface area contributed by atoms with Crippen LogP contribution in [0, 0.1) is 5.92 Å². The topological polar surface area (TPSA) is 40.6 Å². The van der Waals surface area contributed by atoms with Crippen molar-refractivity contribution in [2.24, 2.45) is 5.92 Å². The van der Waals surface area contributed by atoms with Crippen LogP contribution in [-0.4, -0.2) is 34.7 Å². The Hall–Kier alpha value is -3.44. The van der Waals surface area contributed by atoms with E-state index in [0.29, 0.717) is 31.1 Å². The third-order valence-electron chi connectivity index (χ3n) is 6.36. The fraction of sp³-hybridized carbons (Fsp3) is 0.267. The molecule has 1 aromatic heterocycles. The summed E-state index contributed by atoms with van der Waals surface area (Å²) in [6, 6.07) is 27.8. The first-order valence-corrected chi connectivity index (χ1v) is 13.0. The molecule has 0 bridgehead atoms. The second-order valence-corrected chi connectivity index (χ2v) is 10.1. The molecule has 2 amide bonds. The van der Waals surface area contributed by atoms with Gasteiger partial charge in [-0.05, 0) is 39.8 Å². The van der Waals surface area contributed by atoms with Crippen molar-refractivity contribution in [2.45, 2.75) is 33.4 Å². The third kappa shape index (κ3) is 6.37. The van der Waals surface area contributed by atoms with E-state index in [2.05, 4.69) is 13.8 Å². The molecule has 0 saturated carbocycles. The molecule has 3 aromatic carbocycles. The van der Waals surface area contributed by atoms with Crippen LogP contribution >= 0.6 is 11.3 Å². The zero-order valence-electron chi connectivity index (χ0n) is 20.4. The highest BCUT2D eigenvalue weighted by molar-refractivity contribution is 7.09. The van der Waals surface area contributed by atoms with Crippen molar-refractivity contribution in [3.63, 3.8) is 0 Å². The number of amides is 2. The van der Waals surface area contributed by atoms with Crippen LogP contribution in [0.3, 0.4) is 0 Å². The van der Waals surface area contributed by atoms with Gasteiger partial charge in [0.25, 0.3) is 5.91 Å². The SMILES string of the molecule is CCC(C)CN(CC(=O)N(Cc1ccccc1)Cc1cccs1)C(=O)c1cccc2ccccc12. The Labute approximate surface area is 211 Å². The highest BCUT2D eigenvalue weighted by atomic mass is 32.1. The molecule has 0 spiro atoms. The lowest BCUT2D eigenvalue weighted by atomic mass is 10.0. The summed E-state index contributed by atoms with van der Waals surface area (Å²) < 4.78 is 0. The molecule has 1 unspecified atom stereocenters. The van der Waals surface area contributed by atoms with Gasteiger partial charge in [-0.1, -0.05) is 93.1 Å². The predicted molar refractivity (Wildman–Crippen MR) is 144 cm³/mol. The first-order chi connectivity index (χ1) is 17.0. The van der Waals surface area contributed by atoms with Crippen LogP contribution < -0.4 is 0 Å². The normalized spacial score (nSPS) is 11.8. The number of carbonyl (C=O) groups excluding carboxylic acids is 2. The third-order valence-corrected chi connectivity index (χ3v) is 7.22. The highest BCUT2D eigenvalue weighted by Crippen LogP contribution is 2.22. The average molecular weight is 485 g/mol. The number of hydrogen-bond donors (Lipinski definition) is 0. The Balaban J connectivity index is 1.61. The Morgan fingerprint density at radius 2 is 1.57 bits per heavy atom. The largest absolute Gasteiger partial charge is 0.332 e. The highest BCUT2D eigenvalue weighted by Gasteiger charge is 2.25. The van der Waals surface area contributed by atoms with Crippen molar-refractivity contribution < 1.29 is 9.59 Å². The van der Waals surface area contributed by atoms with Crippen molar-refractivity contribution in [1.82, 2.24) is 9.80 Å². The Bertz CT molecular complexity index is 1250. The molecule has 0 N–H and O–H groups in total. The zero-order chi connectivity index (χ0) is 24.6. The van der Waals surface area contributed by atoms with Crippen molar-refractivity contribution >= 4 is 33.9 Å². The van der Waals surface area contributed by atoms with Crippen LogP contribution in [0.25, 0.3) is 10.8 Å². The molecule has 0 radical (unpaired) electrons. The Morgan fingerprint density at radius 1 is 0.829 bits per heavy atom. The van der Waals surface area contributed by atoms with Gasteiger partial charge in [0.1, 0.15) is 6.54 Å². The van der Waals surface area contributed by atoms with Crippen LogP contribution in [-0.2, 0) is 17.9 Å². The van der Waals surface area contributed by atoms with Crippen LogP contribution in [0.2, 0.25) is 0 Å². The summed E-state index contributed by atoms with van der Waals surface area (Å²) >= 11 is 1.64. The quantitative estimate of drug-likeness (QED) is 0.254. The molecule has 1 atom stereocenters. The molecule has 5 heteroatoms. The smallest absolute Gasteiger partial charge is 0.254 e. The Morgan fingerprint density at radius 3 is 2.31 bits per heavy atom. The van der Waals surface area contributed by atoms with Gasteiger partial charge in [-0.15, -0.1) is 11.3 Å². The van der Waals surface area contributed by atoms with Crippen molar-refractivity contribution in [3.05, 3.63) is 106 Å². The van der Waals surface area contributed by atoms with E-state index >= 15 is 0 Å². The summed E-state index contributed by atoms with van der Waals surface area (Å²) in [5, 5.41) is 3.97. The maximum atomic E-state index is 13.8. The van der Waals surface area contributed by atoms with E-state index in [0.717, 1.165) is 27.6 Å². The summed E-state index contributed by atoms with van der Waals surface area (Å²) in [7, 11) is 0. The monoisotopic (exact) mass is 484 g/mol. The van der Waals surface area contributed by atoms with Gasteiger partial charge in [0.05, 0.1) is 6.54 Å². The first-order valence-electron chi connectivity index (χ1n) is 12.2. The number of thiophene rings is 1. The van der Waals surface area contributed by atoms with Gasteiger partial charge >= 0.3 is 0 Å². The molecular formula is C30H32N2O2S. The fourth-order valence-electron chi connectivity index (χ4n) is 4.20. The molecule has 180 valence electrons. The molecule has 0 aliphatic heterocycles. The van der Waals surface area contributed by atoms with Crippen molar-refractivity contribution in [1.29, 1.82) is 0 Å². The summed E-state index contributed by atoms with van der Waals surface area (Å²) in [5.41, 5.74) is 1.72. The van der Waals surface area contributed by atoms with E-state index in [1.54, 1.807) is 16.2 Å². The van der Waals surface area contributed by atoms with Gasteiger partial charge in [-0.2, -0.15) is 0 Å². The lowest BCUT2D eigenvalue weighted by Crippen LogP contribution is -2.44. The maximum absolute atomic E-state index is 13.8. The van der Waals surface area contributed by atoms with Crippen LogP contribution in [0.5, 0.6) is 0 Å². The van der Waals surface area contributed by atoms with E-state index < -0.39 is 0 Å². The molecule has 4 rings (SSSR count). The summed E-state index contributed by atoms with van der Waals surface area (Å²) in [5.74, 6) is 0.159. The van der Waals surface area contributed by atoms with Crippen molar-refractivity contribution in [2.75, 3.05) is 13.1 Å². The average Bonchev–Trinajstić information content (AvgIpc) is 3.41. The van der Waals surface area contributed by atoms with Gasteiger partial charge in [-0.25, -0.2) is 0 Å². The van der Waals surface area contributed by atoms with Crippen LogP contribution in [0.4, 0.5) is 0 Å². The lowest BCUT2D eigenvalue weighted by Gasteiger charge is -2.29. The number of hydrogen-bond acceptors (Lipinski definition) is 3. The molecule has 4 nitrogen and oxygen atoms in total. The molecule has 0 fully saturated rings. The minimum absolute atomic E-state index is 0.0425. The van der Waals surface area contributed by atoms with E-state index in [-0.39, 0.29) is 18.4 Å². The molecule has 35 heavy (non-hydrogen) atoms. The molecule has 0 aliphatic carbocycles. The maximum Gasteiger partial charge on any atom is 0.254 e. The second-order valence-electron chi connectivity index (χ2n) is 9.04. The number of rotatable bonds is 10. The molecule has 0 aliphatic rings. The van der Waals surface area contributed by atoms with E-state index in [4.69, 9.17) is 0 Å². The zero-order valence-corrected chi connectivity index (χ0v) is 21.2. The fourth-order valence-corrected chi connectivity index (χ4v) is 4.92. The Kier molecular flexibility index (Phi) is 8.32. The van der Waals surface area contributed by atoms with Gasteiger partial charge in [0.15, 0.2) is 0 Å². The molecule has 0 saturated heterocycles. The number of carbonyl (C=O) groups is 2. The van der Waals surface area contributed by atoms with E-state index in [1.165, 1.54) is 0 Å².